The number of ether oxygens (including phenoxy) is 1. The first kappa shape index (κ1) is 33.9. The maximum absolute atomic E-state index is 14.1. The third-order valence-electron chi connectivity index (χ3n) is 8.75. The zero-order chi connectivity index (χ0) is 32.4. The molecule has 1 saturated carbocycles. The van der Waals surface area contributed by atoms with E-state index in [1.165, 1.54) is 17.0 Å². The van der Waals surface area contributed by atoms with Gasteiger partial charge in [0.15, 0.2) is 5.58 Å². The molecule has 1 aliphatic rings. The van der Waals surface area contributed by atoms with E-state index < -0.39 is 37.2 Å². The molecule has 1 fully saturated rings. The van der Waals surface area contributed by atoms with E-state index in [9.17, 15) is 22.8 Å². The van der Waals surface area contributed by atoms with Crippen molar-refractivity contribution in [3.63, 3.8) is 0 Å². The zero-order valence-electron chi connectivity index (χ0n) is 26.7. The first-order chi connectivity index (χ1) is 20.5. The fraction of sp³-hybridized carbons (Fsp3) is 0.613. The number of aromatic nitrogens is 3. The Morgan fingerprint density at radius 1 is 1.18 bits per heavy atom. The smallest absolute Gasteiger partial charge is 0.407 e. The van der Waals surface area contributed by atoms with Crippen molar-refractivity contribution >= 4 is 25.1 Å². The predicted molar refractivity (Wildman–Crippen MR) is 165 cm³/mol. The van der Waals surface area contributed by atoms with Crippen molar-refractivity contribution in [2.45, 2.75) is 90.1 Å². The van der Waals surface area contributed by atoms with Crippen LogP contribution in [0.3, 0.4) is 0 Å². The van der Waals surface area contributed by atoms with Crippen molar-refractivity contribution in [1.29, 1.82) is 0 Å². The molecule has 9 nitrogen and oxygen atoms in total. The van der Waals surface area contributed by atoms with Crippen molar-refractivity contribution < 1.29 is 27.1 Å². The molecule has 44 heavy (non-hydrogen) atoms. The summed E-state index contributed by atoms with van der Waals surface area (Å²) < 4.78 is 55.2. The number of benzene rings is 1. The van der Waals surface area contributed by atoms with Gasteiger partial charge in [-0.2, -0.15) is 13.2 Å². The normalized spacial score (nSPS) is 16.3. The molecule has 4 rings (SSSR count). The van der Waals surface area contributed by atoms with Gasteiger partial charge in [0.25, 0.3) is 0 Å². The molecule has 3 aromatic rings. The number of alkyl halides is 3. The summed E-state index contributed by atoms with van der Waals surface area (Å²) in [6.45, 7) is 11.3. The Bertz CT molecular complexity index is 1510. The first-order valence-corrected chi connectivity index (χ1v) is 18.7. The van der Waals surface area contributed by atoms with E-state index in [0.717, 1.165) is 17.2 Å². The Balaban J connectivity index is 1.44. The highest BCUT2D eigenvalue weighted by Crippen LogP contribution is 2.66. The van der Waals surface area contributed by atoms with Crippen LogP contribution in [-0.2, 0) is 22.7 Å². The molecule has 1 aliphatic carbocycles. The van der Waals surface area contributed by atoms with Gasteiger partial charge in [0, 0.05) is 52.0 Å². The first-order valence-electron chi connectivity index (χ1n) is 15.0. The van der Waals surface area contributed by atoms with Gasteiger partial charge in [-0.3, -0.25) is 4.79 Å². The van der Waals surface area contributed by atoms with Crippen LogP contribution in [0, 0.1) is 19.3 Å². The highest BCUT2D eigenvalue weighted by atomic mass is 28.3. The highest BCUT2D eigenvalue weighted by molar-refractivity contribution is 6.76. The summed E-state index contributed by atoms with van der Waals surface area (Å²) in [4.78, 5) is 35.9. The molecule has 1 aromatic carbocycles. The minimum absolute atomic E-state index is 0.0210. The summed E-state index contributed by atoms with van der Waals surface area (Å²) >= 11 is 0. The number of hydrogen-bond acceptors (Lipinski definition) is 7. The second-order valence-corrected chi connectivity index (χ2v) is 19.1. The maximum Gasteiger partial charge on any atom is 0.421 e. The van der Waals surface area contributed by atoms with Crippen molar-refractivity contribution in [3.05, 3.63) is 57.6 Å². The minimum Gasteiger partial charge on any atom is -0.407 e. The molecule has 2 atom stereocenters. The number of hydrogen-bond donors (Lipinski definition) is 1. The van der Waals surface area contributed by atoms with Gasteiger partial charge in [-0.1, -0.05) is 25.7 Å². The molecule has 13 heteroatoms. The van der Waals surface area contributed by atoms with Crippen LogP contribution in [0.4, 0.5) is 13.2 Å². The third kappa shape index (κ3) is 7.78. The molecule has 0 bridgehead atoms. The van der Waals surface area contributed by atoms with Gasteiger partial charge in [0.1, 0.15) is 12.6 Å². The predicted octanol–water partition coefficient (Wildman–Crippen LogP) is 5.42. The second-order valence-electron chi connectivity index (χ2n) is 13.4. The number of carbonyl (C=O) groups is 1. The van der Waals surface area contributed by atoms with Gasteiger partial charge in [-0.05, 0) is 76.0 Å². The van der Waals surface area contributed by atoms with Crippen LogP contribution in [0.2, 0.25) is 25.7 Å². The molecular weight excluding hydrogens is 591 g/mol. The summed E-state index contributed by atoms with van der Waals surface area (Å²) in [5.41, 5.74) is 1.30. The molecule has 0 aliphatic heterocycles. The number of nitrogens with one attached hydrogen (secondary N) is 1. The molecule has 1 N–H and O–H groups in total. The minimum atomic E-state index is -4.43. The van der Waals surface area contributed by atoms with Crippen molar-refractivity contribution in [2.75, 3.05) is 27.2 Å². The standard InChI is InChI=1S/C31H44F3N5O4Si/c1-20-22(8-9-26-28(20)43-29(41)39(26)19-42-12-13-44(5,6)7)14-24(38(3)4)18-37-27(40)15-25(23-16-35-21(2)36-17-23)30(10-11-30)31(32,33)34/h8-9,16-17,24-25H,10-15,18-19H2,1-7H3,(H,37,40)/t24-,25+/m0/s1. The van der Waals surface area contributed by atoms with E-state index in [4.69, 9.17) is 9.15 Å². The Hall–Kier alpha value is -3.03. The monoisotopic (exact) mass is 635 g/mol. The summed E-state index contributed by atoms with van der Waals surface area (Å²) in [5, 5.41) is 2.88. The third-order valence-corrected chi connectivity index (χ3v) is 10.5. The van der Waals surface area contributed by atoms with Crippen LogP contribution in [0.1, 0.15) is 47.7 Å². The number of likely N-dealkylation sites (N-methyl/N-ethyl adjacent to an activating group) is 1. The van der Waals surface area contributed by atoms with E-state index >= 15 is 0 Å². The van der Waals surface area contributed by atoms with E-state index in [0.29, 0.717) is 35.5 Å². The van der Waals surface area contributed by atoms with E-state index in [2.05, 4.69) is 34.9 Å². The average molecular weight is 636 g/mol. The van der Waals surface area contributed by atoms with Crippen molar-refractivity contribution in [1.82, 2.24) is 24.8 Å². The molecule has 0 radical (unpaired) electrons. The second kappa shape index (κ2) is 13.1. The number of rotatable bonds is 14. The van der Waals surface area contributed by atoms with E-state index in [1.807, 2.05) is 38.1 Å². The number of oxazole rings is 1. The Morgan fingerprint density at radius 2 is 1.84 bits per heavy atom. The van der Waals surface area contributed by atoms with Gasteiger partial charge < -0.3 is 19.4 Å². The van der Waals surface area contributed by atoms with Gasteiger partial charge in [-0.25, -0.2) is 19.3 Å². The van der Waals surface area contributed by atoms with Gasteiger partial charge >= 0.3 is 11.9 Å². The lowest BCUT2D eigenvalue weighted by Gasteiger charge is -2.30. The zero-order valence-corrected chi connectivity index (χ0v) is 27.7. The number of halogens is 3. The van der Waals surface area contributed by atoms with Crippen molar-refractivity contribution in [2.24, 2.45) is 5.41 Å². The summed E-state index contributed by atoms with van der Waals surface area (Å²) in [7, 11) is 2.51. The van der Waals surface area contributed by atoms with Crippen LogP contribution in [0.15, 0.2) is 33.7 Å². The average Bonchev–Trinajstić information content (AvgIpc) is 3.68. The number of aryl methyl sites for hydroxylation is 2. The van der Waals surface area contributed by atoms with Crippen LogP contribution in [-0.4, -0.2) is 72.9 Å². The number of amides is 1. The van der Waals surface area contributed by atoms with E-state index in [1.54, 1.807) is 6.92 Å². The maximum atomic E-state index is 14.1. The van der Waals surface area contributed by atoms with E-state index in [-0.39, 0.29) is 38.6 Å². The molecule has 1 amide bonds. The summed E-state index contributed by atoms with van der Waals surface area (Å²) in [5.74, 6) is -1.54. The Kier molecular flexibility index (Phi) is 10.1. The van der Waals surface area contributed by atoms with Crippen LogP contribution in [0.5, 0.6) is 0 Å². The molecule has 0 saturated heterocycles. The molecule has 2 aromatic heterocycles. The highest BCUT2D eigenvalue weighted by Gasteiger charge is 2.67. The van der Waals surface area contributed by atoms with Crippen molar-refractivity contribution in [3.8, 4) is 0 Å². The molecule has 0 spiro atoms. The van der Waals surface area contributed by atoms with Gasteiger partial charge in [-0.15, -0.1) is 0 Å². The molecular formula is C31H44F3N5O4Si. The summed E-state index contributed by atoms with van der Waals surface area (Å²) in [6.07, 6.45) is -1.45. The number of fused-ring (bicyclic) bond motifs is 1. The molecule has 0 unspecified atom stereocenters. The topological polar surface area (TPSA) is 102 Å². The molecule has 242 valence electrons. The fourth-order valence-electron chi connectivity index (χ4n) is 5.54. The number of nitrogens with zero attached hydrogens (tertiary/aromatic N) is 4. The largest absolute Gasteiger partial charge is 0.421 e. The van der Waals surface area contributed by atoms with Gasteiger partial charge in [0.2, 0.25) is 5.91 Å². The Morgan fingerprint density at radius 3 is 2.41 bits per heavy atom. The lowest BCUT2D eigenvalue weighted by Crippen LogP contribution is -2.43. The SMILES string of the molecule is Cc1ncc([C@@H](CC(=O)NC[C@H](Cc2ccc3c(oc(=O)n3COCC[Si](C)(C)C)c2C)N(C)C)C2(C(F)(F)F)CC2)cn1. The quantitative estimate of drug-likeness (QED) is 0.187. The fourth-order valence-corrected chi connectivity index (χ4v) is 6.29. The van der Waals surface area contributed by atoms with Crippen LogP contribution >= 0.6 is 0 Å². The lowest BCUT2D eigenvalue weighted by atomic mass is 9.81. The van der Waals surface area contributed by atoms with Gasteiger partial charge in [0.05, 0.1) is 10.9 Å². The summed E-state index contributed by atoms with van der Waals surface area (Å²) in [6, 6.07) is 4.62. The molecule has 2 heterocycles. The Labute approximate surface area is 257 Å². The lowest BCUT2D eigenvalue weighted by molar-refractivity contribution is -0.194. The number of carbonyl (C=O) groups excluding carboxylic acids is 1. The van der Waals surface area contributed by atoms with Crippen LogP contribution in [0.25, 0.3) is 11.1 Å². The van der Waals surface area contributed by atoms with Crippen LogP contribution < -0.4 is 11.1 Å².